The third kappa shape index (κ3) is 4.14. The third-order valence-corrected chi connectivity index (χ3v) is 4.33. The van der Waals surface area contributed by atoms with Crippen LogP contribution in [0.15, 0.2) is 12.3 Å². The summed E-state index contributed by atoms with van der Waals surface area (Å²) in [6.07, 6.45) is 1.38. The van der Waals surface area contributed by atoms with Gasteiger partial charge in [0.2, 0.25) is 10.0 Å². The summed E-state index contributed by atoms with van der Waals surface area (Å²) in [7, 11) is -0.396. The summed E-state index contributed by atoms with van der Waals surface area (Å²) in [5.74, 6) is 0.176. The SMILES string of the molecule is Cc1cnc(NCCS(=O)(=O)N(C)C)cc1[N+](=O)[O-]. The molecule has 0 aliphatic rings. The summed E-state index contributed by atoms with van der Waals surface area (Å²) in [5, 5.41) is 13.5. The molecule has 0 saturated carbocycles. The maximum atomic E-state index is 11.5. The van der Waals surface area contributed by atoms with E-state index >= 15 is 0 Å². The number of hydrogen-bond donors (Lipinski definition) is 1. The second kappa shape index (κ2) is 5.93. The van der Waals surface area contributed by atoms with Gasteiger partial charge >= 0.3 is 0 Å². The maximum Gasteiger partial charge on any atom is 0.277 e. The molecule has 9 heteroatoms. The van der Waals surface area contributed by atoms with Crippen molar-refractivity contribution in [3.8, 4) is 0 Å². The standard InChI is InChI=1S/C10H16N4O4S/c1-8-7-12-10(6-9(8)14(15)16)11-4-5-19(17,18)13(2)3/h6-7H,4-5H2,1-3H3,(H,11,12). The van der Waals surface area contributed by atoms with Crippen LogP contribution in [-0.4, -0.2) is 49.0 Å². The van der Waals surface area contributed by atoms with Gasteiger partial charge < -0.3 is 5.32 Å². The molecule has 0 atom stereocenters. The lowest BCUT2D eigenvalue weighted by atomic mass is 10.2. The normalized spacial score (nSPS) is 11.6. The topological polar surface area (TPSA) is 105 Å². The molecule has 19 heavy (non-hydrogen) atoms. The molecule has 0 aliphatic heterocycles. The molecule has 0 fully saturated rings. The van der Waals surface area contributed by atoms with Crippen LogP contribution in [-0.2, 0) is 10.0 Å². The number of hydrogen-bond acceptors (Lipinski definition) is 6. The quantitative estimate of drug-likeness (QED) is 0.607. The fraction of sp³-hybridized carbons (Fsp3) is 0.500. The van der Waals surface area contributed by atoms with Crippen molar-refractivity contribution >= 4 is 21.5 Å². The van der Waals surface area contributed by atoms with Crippen LogP contribution in [0.25, 0.3) is 0 Å². The van der Waals surface area contributed by atoms with E-state index in [-0.39, 0.29) is 23.8 Å². The van der Waals surface area contributed by atoms with Gasteiger partial charge in [-0.1, -0.05) is 0 Å². The number of nitrogens with one attached hydrogen (secondary N) is 1. The van der Waals surface area contributed by atoms with Crippen LogP contribution in [0.5, 0.6) is 0 Å². The molecule has 0 unspecified atom stereocenters. The molecule has 1 aromatic heterocycles. The molecule has 1 rings (SSSR count). The molecular formula is C10H16N4O4S. The van der Waals surface area contributed by atoms with E-state index < -0.39 is 14.9 Å². The average molecular weight is 288 g/mol. The Balaban J connectivity index is 2.70. The highest BCUT2D eigenvalue weighted by atomic mass is 32.2. The molecule has 0 aromatic carbocycles. The zero-order valence-electron chi connectivity index (χ0n) is 11.0. The highest BCUT2D eigenvalue weighted by Crippen LogP contribution is 2.19. The van der Waals surface area contributed by atoms with Gasteiger partial charge in [-0.05, 0) is 6.92 Å². The molecule has 0 radical (unpaired) electrons. The summed E-state index contributed by atoms with van der Waals surface area (Å²) in [6, 6.07) is 1.29. The van der Waals surface area contributed by atoms with Crippen LogP contribution in [0.4, 0.5) is 11.5 Å². The fourth-order valence-corrected chi connectivity index (χ4v) is 2.02. The first-order valence-electron chi connectivity index (χ1n) is 5.49. The van der Waals surface area contributed by atoms with Gasteiger partial charge in [0.15, 0.2) is 0 Å². The zero-order valence-corrected chi connectivity index (χ0v) is 11.8. The van der Waals surface area contributed by atoms with E-state index in [9.17, 15) is 18.5 Å². The van der Waals surface area contributed by atoms with Gasteiger partial charge in [-0.2, -0.15) is 0 Å². The van der Waals surface area contributed by atoms with Gasteiger partial charge in [0.1, 0.15) is 5.82 Å². The van der Waals surface area contributed by atoms with Crippen molar-refractivity contribution in [1.29, 1.82) is 0 Å². The Kier molecular flexibility index (Phi) is 4.78. The first-order valence-corrected chi connectivity index (χ1v) is 7.10. The van der Waals surface area contributed by atoms with Crippen LogP contribution >= 0.6 is 0 Å². The molecule has 1 heterocycles. The number of aryl methyl sites for hydroxylation is 1. The van der Waals surface area contributed by atoms with Gasteiger partial charge in [-0.25, -0.2) is 17.7 Å². The number of pyridine rings is 1. The van der Waals surface area contributed by atoms with Gasteiger partial charge in [-0.15, -0.1) is 0 Å². The van der Waals surface area contributed by atoms with E-state index in [2.05, 4.69) is 10.3 Å². The summed E-state index contributed by atoms with van der Waals surface area (Å²) < 4.78 is 24.1. The molecule has 8 nitrogen and oxygen atoms in total. The summed E-state index contributed by atoms with van der Waals surface area (Å²) in [5.41, 5.74) is 0.407. The molecule has 0 spiro atoms. The Morgan fingerprint density at radius 1 is 1.47 bits per heavy atom. The Bertz CT molecular complexity index is 571. The fourth-order valence-electron chi connectivity index (χ4n) is 1.30. The molecule has 1 aromatic rings. The first-order chi connectivity index (χ1) is 8.74. The molecule has 1 N–H and O–H groups in total. The number of nitrogens with zero attached hydrogens (tertiary/aromatic N) is 3. The van der Waals surface area contributed by atoms with Crippen molar-refractivity contribution in [2.24, 2.45) is 0 Å². The van der Waals surface area contributed by atoms with Crippen LogP contribution in [0, 0.1) is 17.0 Å². The van der Waals surface area contributed by atoms with Crippen LogP contribution in [0.2, 0.25) is 0 Å². The monoisotopic (exact) mass is 288 g/mol. The first kappa shape index (κ1) is 15.3. The molecule has 0 saturated heterocycles. The maximum absolute atomic E-state index is 11.5. The van der Waals surface area contributed by atoms with Crippen LogP contribution in [0.1, 0.15) is 5.56 Å². The third-order valence-electron chi connectivity index (χ3n) is 2.49. The molecule has 0 bridgehead atoms. The van der Waals surface area contributed by atoms with E-state index in [4.69, 9.17) is 0 Å². The number of nitro groups is 1. The Labute approximate surface area is 111 Å². The van der Waals surface area contributed by atoms with Crippen molar-refractivity contribution < 1.29 is 13.3 Å². The number of sulfonamides is 1. The summed E-state index contributed by atoms with van der Waals surface area (Å²) in [4.78, 5) is 14.2. The molecular weight excluding hydrogens is 272 g/mol. The average Bonchev–Trinajstić information content (AvgIpc) is 2.30. The zero-order chi connectivity index (χ0) is 14.6. The van der Waals surface area contributed by atoms with Gasteiger partial charge in [-0.3, -0.25) is 10.1 Å². The highest BCUT2D eigenvalue weighted by molar-refractivity contribution is 7.89. The molecule has 106 valence electrons. The summed E-state index contributed by atoms with van der Waals surface area (Å²) in [6.45, 7) is 1.72. The van der Waals surface area contributed by atoms with Crippen molar-refractivity contribution in [2.75, 3.05) is 31.7 Å². The van der Waals surface area contributed by atoms with Crippen molar-refractivity contribution in [3.05, 3.63) is 27.9 Å². The minimum Gasteiger partial charge on any atom is -0.369 e. The van der Waals surface area contributed by atoms with Crippen molar-refractivity contribution in [1.82, 2.24) is 9.29 Å². The lowest BCUT2D eigenvalue weighted by molar-refractivity contribution is -0.385. The van der Waals surface area contributed by atoms with E-state index in [0.29, 0.717) is 5.56 Å². The van der Waals surface area contributed by atoms with Crippen LogP contribution < -0.4 is 5.32 Å². The minimum absolute atomic E-state index is 0.0482. The summed E-state index contributed by atoms with van der Waals surface area (Å²) >= 11 is 0. The highest BCUT2D eigenvalue weighted by Gasteiger charge is 2.14. The largest absolute Gasteiger partial charge is 0.369 e. The smallest absolute Gasteiger partial charge is 0.277 e. The van der Waals surface area contributed by atoms with Crippen LogP contribution in [0.3, 0.4) is 0 Å². The van der Waals surface area contributed by atoms with Crippen molar-refractivity contribution in [2.45, 2.75) is 6.92 Å². The van der Waals surface area contributed by atoms with Crippen molar-refractivity contribution in [3.63, 3.8) is 0 Å². The second-order valence-electron chi connectivity index (χ2n) is 4.14. The van der Waals surface area contributed by atoms with E-state index in [1.807, 2.05) is 0 Å². The lowest BCUT2D eigenvalue weighted by Crippen LogP contribution is -2.28. The van der Waals surface area contributed by atoms with E-state index in [1.165, 1.54) is 26.4 Å². The van der Waals surface area contributed by atoms with E-state index in [1.54, 1.807) is 6.92 Å². The minimum atomic E-state index is -3.29. The predicted octanol–water partition coefficient (Wildman–Crippen LogP) is 0.602. The molecule has 0 aliphatic carbocycles. The number of anilines is 1. The Morgan fingerprint density at radius 3 is 2.63 bits per heavy atom. The lowest BCUT2D eigenvalue weighted by Gasteiger charge is -2.11. The Morgan fingerprint density at radius 2 is 2.11 bits per heavy atom. The second-order valence-corrected chi connectivity index (χ2v) is 6.44. The van der Waals surface area contributed by atoms with Gasteiger partial charge in [0.25, 0.3) is 5.69 Å². The predicted molar refractivity (Wildman–Crippen MR) is 71.6 cm³/mol. The van der Waals surface area contributed by atoms with Gasteiger partial charge in [0.05, 0.1) is 16.7 Å². The van der Waals surface area contributed by atoms with Gasteiger partial charge in [0, 0.05) is 32.4 Å². The Hall–Kier alpha value is -1.74. The molecule has 0 amide bonds. The number of aromatic nitrogens is 1. The number of rotatable bonds is 6. The van der Waals surface area contributed by atoms with E-state index in [0.717, 1.165) is 4.31 Å².